The Morgan fingerprint density at radius 2 is 2.21 bits per heavy atom. The first-order valence-corrected chi connectivity index (χ1v) is 9.78. The van der Waals surface area contributed by atoms with Crippen LogP contribution in [-0.2, 0) is 0 Å². The average molecular weight is 497 g/mol. The molecule has 0 unspecified atom stereocenters. The van der Waals surface area contributed by atoms with Crippen molar-refractivity contribution in [1.29, 1.82) is 0 Å². The molecule has 7 heteroatoms. The van der Waals surface area contributed by atoms with E-state index in [4.69, 9.17) is 25.3 Å². The number of halogens is 1. The molecule has 29 heavy (non-hydrogen) atoms. The minimum atomic E-state index is 0.175. The van der Waals surface area contributed by atoms with Gasteiger partial charge in [0, 0.05) is 12.4 Å². The van der Waals surface area contributed by atoms with Crippen molar-refractivity contribution in [2.75, 3.05) is 13.7 Å². The Bertz CT molecular complexity index is 1220. The van der Waals surface area contributed by atoms with Crippen LogP contribution in [0, 0.1) is 15.9 Å². The van der Waals surface area contributed by atoms with Gasteiger partial charge in [0.25, 0.3) is 0 Å². The van der Waals surface area contributed by atoms with Crippen LogP contribution in [0.25, 0.3) is 17.1 Å². The summed E-state index contributed by atoms with van der Waals surface area (Å²) in [5.74, 6) is 5.01. The number of furan rings is 1. The number of ether oxygens (including phenoxy) is 2. The maximum Gasteiger partial charge on any atom is 0.175 e. The number of methoxy groups -OCH3 is 1. The van der Waals surface area contributed by atoms with Crippen LogP contribution >= 0.6 is 22.6 Å². The minimum Gasteiger partial charge on any atom is -0.493 e. The third-order valence-electron chi connectivity index (χ3n) is 4.15. The summed E-state index contributed by atoms with van der Waals surface area (Å²) in [6, 6.07) is 13.3. The maximum absolute atomic E-state index is 5.60. The van der Waals surface area contributed by atoms with Gasteiger partial charge in [-0.2, -0.15) is 0 Å². The van der Waals surface area contributed by atoms with Gasteiger partial charge in [0.05, 0.1) is 16.9 Å². The molecule has 0 aliphatic heterocycles. The average Bonchev–Trinajstić information content (AvgIpc) is 3.38. The zero-order valence-corrected chi connectivity index (χ0v) is 17.7. The van der Waals surface area contributed by atoms with Gasteiger partial charge in [-0.05, 0) is 64.6 Å². The molecule has 1 aromatic carbocycles. The number of terminal acetylenes is 1. The first kappa shape index (κ1) is 19.1. The lowest BCUT2D eigenvalue weighted by atomic mass is 10.2. The van der Waals surface area contributed by atoms with Gasteiger partial charge in [0.2, 0.25) is 0 Å². The summed E-state index contributed by atoms with van der Waals surface area (Å²) in [4.78, 5) is 9.37. The van der Waals surface area contributed by atoms with Crippen LogP contribution in [0.4, 0.5) is 5.82 Å². The van der Waals surface area contributed by atoms with Crippen LogP contribution in [0.5, 0.6) is 11.5 Å². The molecule has 0 bridgehead atoms. The van der Waals surface area contributed by atoms with Crippen molar-refractivity contribution in [2.45, 2.75) is 0 Å². The summed E-state index contributed by atoms with van der Waals surface area (Å²) in [7, 11) is 1.59. The molecule has 0 saturated heterocycles. The topological polar surface area (TPSA) is 61.3 Å². The summed E-state index contributed by atoms with van der Waals surface area (Å²) in [5.41, 5.74) is 2.32. The van der Waals surface area contributed by atoms with E-state index in [2.05, 4.69) is 33.5 Å². The Morgan fingerprint density at radius 3 is 2.97 bits per heavy atom. The number of imidazole rings is 1. The zero-order valence-electron chi connectivity index (χ0n) is 15.5. The highest BCUT2D eigenvalue weighted by molar-refractivity contribution is 14.1. The van der Waals surface area contributed by atoms with E-state index in [0.717, 1.165) is 14.8 Å². The second-order valence-electron chi connectivity index (χ2n) is 5.98. The quantitative estimate of drug-likeness (QED) is 0.215. The molecule has 3 aromatic heterocycles. The molecule has 4 rings (SSSR count). The Labute approximate surface area is 181 Å². The van der Waals surface area contributed by atoms with Crippen molar-refractivity contribution in [3.8, 4) is 35.3 Å². The van der Waals surface area contributed by atoms with Crippen molar-refractivity contribution in [3.63, 3.8) is 0 Å². The highest BCUT2D eigenvalue weighted by Crippen LogP contribution is 2.34. The highest BCUT2D eigenvalue weighted by Gasteiger charge is 2.16. The van der Waals surface area contributed by atoms with E-state index in [1.165, 1.54) is 0 Å². The molecule has 0 aliphatic carbocycles. The predicted octanol–water partition coefficient (Wildman–Crippen LogP) is 4.97. The zero-order chi connectivity index (χ0) is 20.2. The highest BCUT2D eigenvalue weighted by atomic mass is 127. The number of benzene rings is 1. The third-order valence-corrected chi connectivity index (χ3v) is 4.95. The van der Waals surface area contributed by atoms with E-state index >= 15 is 0 Å². The summed E-state index contributed by atoms with van der Waals surface area (Å²) >= 11 is 2.19. The molecule has 3 heterocycles. The second-order valence-corrected chi connectivity index (χ2v) is 7.14. The number of fused-ring (bicyclic) bond motifs is 1. The van der Waals surface area contributed by atoms with Crippen LogP contribution in [-0.4, -0.2) is 29.3 Å². The molecule has 0 N–H and O–H groups in total. The van der Waals surface area contributed by atoms with E-state index in [9.17, 15) is 0 Å². The minimum absolute atomic E-state index is 0.175. The number of rotatable bonds is 6. The molecule has 0 saturated carbocycles. The number of hydrogen-bond donors (Lipinski definition) is 0. The van der Waals surface area contributed by atoms with Gasteiger partial charge in [-0.3, -0.25) is 4.40 Å². The van der Waals surface area contributed by atoms with Gasteiger partial charge in [-0.15, -0.1) is 6.42 Å². The number of pyridine rings is 1. The molecule has 0 atom stereocenters. The first-order chi connectivity index (χ1) is 14.2. The third kappa shape index (κ3) is 3.84. The molecule has 0 spiro atoms. The fourth-order valence-corrected chi connectivity index (χ4v) is 3.67. The summed E-state index contributed by atoms with van der Waals surface area (Å²) in [5, 5.41) is 0. The molecule has 0 radical (unpaired) electrons. The van der Waals surface area contributed by atoms with Crippen LogP contribution in [0.15, 0.2) is 64.3 Å². The van der Waals surface area contributed by atoms with Gasteiger partial charge in [0.15, 0.2) is 28.8 Å². The van der Waals surface area contributed by atoms with Crippen molar-refractivity contribution >= 4 is 40.3 Å². The fraction of sp³-hybridized carbons (Fsp3) is 0.0909. The Balaban J connectivity index is 1.77. The second kappa shape index (κ2) is 8.41. The fourth-order valence-electron chi connectivity index (χ4n) is 2.89. The predicted molar refractivity (Wildman–Crippen MR) is 120 cm³/mol. The normalized spacial score (nSPS) is 11.1. The Hall–Kier alpha value is -3.25. The van der Waals surface area contributed by atoms with Crippen LogP contribution in [0.3, 0.4) is 0 Å². The van der Waals surface area contributed by atoms with Gasteiger partial charge in [0.1, 0.15) is 12.3 Å². The molecule has 6 nitrogen and oxygen atoms in total. The van der Waals surface area contributed by atoms with Gasteiger partial charge >= 0.3 is 0 Å². The van der Waals surface area contributed by atoms with E-state index in [-0.39, 0.29) is 6.61 Å². The lowest BCUT2D eigenvalue weighted by Gasteiger charge is -2.11. The van der Waals surface area contributed by atoms with Crippen molar-refractivity contribution < 1.29 is 13.9 Å². The number of aromatic nitrogens is 2. The summed E-state index contributed by atoms with van der Waals surface area (Å²) in [6.07, 6.45) is 10.6. The van der Waals surface area contributed by atoms with Gasteiger partial charge in [-0.25, -0.2) is 9.98 Å². The van der Waals surface area contributed by atoms with Crippen molar-refractivity contribution in [3.05, 3.63) is 64.1 Å². The van der Waals surface area contributed by atoms with Gasteiger partial charge < -0.3 is 13.9 Å². The SMILES string of the molecule is C#CCOc1c(I)cc(C=Nc2c(-c3ccco3)nc3ccccn23)cc1OC. The molecular weight excluding hydrogens is 481 g/mol. The molecular formula is C22H16IN3O3. The first-order valence-electron chi connectivity index (χ1n) is 8.70. The summed E-state index contributed by atoms with van der Waals surface area (Å²) < 4.78 is 19.4. The molecule has 0 fully saturated rings. The number of nitrogens with zero attached hydrogens (tertiary/aromatic N) is 3. The van der Waals surface area contributed by atoms with E-state index in [1.54, 1.807) is 19.6 Å². The monoisotopic (exact) mass is 497 g/mol. The van der Waals surface area contributed by atoms with Crippen molar-refractivity contribution in [2.24, 2.45) is 4.99 Å². The maximum atomic E-state index is 5.60. The van der Waals surface area contributed by atoms with E-state index in [1.807, 2.05) is 53.1 Å². The standard InChI is InChI=1S/C22H16IN3O3/c1-3-10-29-21-16(23)12-15(13-18(21)27-2)14-24-22-20(17-7-6-11-28-17)25-19-8-4-5-9-26(19)22/h1,4-9,11-14H,10H2,2H3. The molecule has 4 aromatic rings. The molecule has 0 amide bonds. The summed E-state index contributed by atoms with van der Waals surface area (Å²) in [6.45, 7) is 0.175. The van der Waals surface area contributed by atoms with Crippen molar-refractivity contribution in [1.82, 2.24) is 9.38 Å². The smallest absolute Gasteiger partial charge is 0.175 e. The molecule has 144 valence electrons. The lowest BCUT2D eigenvalue weighted by Crippen LogP contribution is -2.00. The van der Waals surface area contributed by atoms with Crippen LogP contribution in [0.2, 0.25) is 0 Å². The van der Waals surface area contributed by atoms with Crippen LogP contribution in [0.1, 0.15) is 5.56 Å². The number of aliphatic imine (C=N–C) groups is 1. The lowest BCUT2D eigenvalue weighted by molar-refractivity contribution is 0.328. The van der Waals surface area contributed by atoms with Gasteiger partial charge in [-0.1, -0.05) is 12.0 Å². The molecule has 0 aliphatic rings. The number of hydrogen-bond acceptors (Lipinski definition) is 5. The Kier molecular flexibility index (Phi) is 5.53. The largest absolute Gasteiger partial charge is 0.493 e. The van der Waals surface area contributed by atoms with Crippen LogP contribution < -0.4 is 9.47 Å². The Morgan fingerprint density at radius 1 is 1.31 bits per heavy atom. The van der Waals surface area contributed by atoms with E-state index in [0.29, 0.717) is 28.8 Å². The van der Waals surface area contributed by atoms with E-state index < -0.39 is 0 Å².